The van der Waals surface area contributed by atoms with Crippen molar-refractivity contribution in [2.24, 2.45) is 0 Å². The summed E-state index contributed by atoms with van der Waals surface area (Å²) in [4.78, 5) is 0. The molecule has 2 aliphatic rings. The van der Waals surface area contributed by atoms with Crippen molar-refractivity contribution in [1.29, 1.82) is 0 Å². The van der Waals surface area contributed by atoms with Gasteiger partial charge in [0.2, 0.25) is 0 Å². The SMILES string of the molecule is CC1Oc2ccc(F)cc2COC12CCNCC2.Cl. The lowest BCUT2D eigenvalue weighted by Gasteiger charge is -2.40. The molecule has 1 aromatic rings. The Labute approximate surface area is 118 Å². The first kappa shape index (κ1) is 14.6. The number of ether oxygens (including phenoxy) is 2. The molecule has 2 heterocycles. The van der Waals surface area contributed by atoms with Gasteiger partial charge < -0.3 is 14.8 Å². The Morgan fingerprint density at radius 2 is 2.05 bits per heavy atom. The van der Waals surface area contributed by atoms with E-state index in [1.807, 2.05) is 6.92 Å². The van der Waals surface area contributed by atoms with Crippen LogP contribution in [0.15, 0.2) is 18.2 Å². The Balaban J connectivity index is 0.00000133. The fraction of sp³-hybridized carbons (Fsp3) is 0.571. The van der Waals surface area contributed by atoms with Gasteiger partial charge in [-0.3, -0.25) is 0 Å². The van der Waals surface area contributed by atoms with Gasteiger partial charge >= 0.3 is 0 Å². The molecule has 1 N–H and O–H groups in total. The van der Waals surface area contributed by atoms with Gasteiger partial charge in [-0.1, -0.05) is 0 Å². The molecule has 106 valence electrons. The van der Waals surface area contributed by atoms with E-state index >= 15 is 0 Å². The first-order chi connectivity index (χ1) is 8.70. The second kappa shape index (κ2) is 5.65. The van der Waals surface area contributed by atoms with Crippen LogP contribution in [-0.2, 0) is 11.3 Å². The van der Waals surface area contributed by atoms with Crippen molar-refractivity contribution >= 4 is 12.4 Å². The predicted octanol–water partition coefficient (Wildman–Crippen LogP) is 2.67. The highest BCUT2D eigenvalue weighted by Gasteiger charge is 2.42. The average molecular weight is 288 g/mol. The van der Waals surface area contributed by atoms with Gasteiger partial charge in [-0.05, 0) is 51.1 Å². The first-order valence-electron chi connectivity index (χ1n) is 6.49. The molecule has 5 heteroatoms. The number of benzene rings is 1. The monoisotopic (exact) mass is 287 g/mol. The maximum Gasteiger partial charge on any atom is 0.125 e. The van der Waals surface area contributed by atoms with Crippen LogP contribution in [0.2, 0.25) is 0 Å². The van der Waals surface area contributed by atoms with Crippen molar-refractivity contribution in [1.82, 2.24) is 5.32 Å². The minimum Gasteiger partial charge on any atom is -0.487 e. The molecular weight excluding hydrogens is 269 g/mol. The summed E-state index contributed by atoms with van der Waals surface area (Å²) in [5, 5.41) is 3.33. The van der Waals surface area contributed by atoms with Crippen LogP contribution >= 0.6 is 12.4 Å². The van der Waals surface area contributed by atoms with Crippen molar-refractivity contribution in [3.63, 3.8) is 0 Å². The standard InChI is InChI=1S/C14H18FNO2.ClH/c1-10-14(4-6-16-7-5-14)17-9-11-8-12(15)2-3-13(11)18-10;/h2-3,8,10,16H,4-7,9H2,1H3;1H. The van der Waals surface area contributed by atoms with E-state index in [-0.39, 0.29) is 29.9 Å². The minimum atomic E-state index is -0.241. The summed E-state index contributed by atoms with van der Waals surface area (Å²) in [6.07, 6.45) is 1.86. The molecule has 0 saturated carbocycles. The topological polar surface area (TPSA) is 30.5 Å². The van der Waals surface area contributed by atoms with E-state index in [4.69, 9.17) is 9.47 Å². The van der Waals surface area contributed by atoms with E-state index in [0.717, 1.165) is 37.2 Å². The zero-order valence-corrected chi connectivity index (χ0v) is 11.8. The van der Waals surface area contributed by atoms with Gasteiger partial charge in [0.05, 0.1) is 6.61 Å². The van der Waals surface area contributed by atoms with Gasteiger partial charge in [-0.2, -0.15) is 0 Å². The van der Waals surface area contributed by atoms with Crippen LogP contribution in [0, 0.1) is 5.82 Å². The third kappa shape index (κ3) is 2.71. The molecule has 1 saturated heterocycles. The molecule has 0 aliphatic carbocycles. The predicted molar refractivity (Wildman–Crippen MR) is 73.4 cm³/mol. The highest BCUT2D eigenvalue weighted by Crippen LogP contribution is 2.36. The van der Waals surface area contributed by atoms with E-state index in [0.29, 0.717) is 6.61 Å². The molecule has 1 aromatic carbocycles. The molecule has 3 rings (SSSR count). The number of halogens is 2. The zero-order chi connectivity index (χ0) is 12.6. The molecule has 2 aliphatic heterocycles. The smallest absolute Gasteiger partial charge is 0.125 e. The van der Waals surface area contributed by atoms with Crippen LogP contribution in [0.5, 0.6) is 5.75 Å². The van der Waals surface area contributed by atoms with Gasteiger partial charge in [0, 0.05) is 5.56 Å². The molecule has 19 heavy (non-hydrogen) atoms. The van der Waals surface area contributed by atoms with Gasteiger partial charge in [-0.25, -0.2) is 4.39 Å². The number of rotatable bonds is 0. The van der Waals surface area contributed by atoms with E-state index in [9.17, 15) is 4.39 Å². The summed E-state index contributed by atoms with van der Waals surface area (Å²) in [5.41, 5.74) is 0.568. The number of hydrogen-bond acceptors (Lipinski definition) is 3. The van der Waals surface area contributed by atoms with E-state index in [1.165, 1.54) is 12.1 Å². The largest absolute Gasteiger partial charge is 0.487 e. The average Bonchev–Trinajstić information content (AvgIpc) is 2.51. The second-order valence-corrected chi connectivity index (χ2v) is 5.12. The number of fused-ring (bicyclic) bond motifs is 1. The number of nitrogens with one attached hydrogen (secondary N) is 1. The van der Waals surface area contributed by atoms with Gasteiger partial charge in [0.25, 0.3) is 0 Å². The zero-order valence-electron chi connectivity index (χ0n) is 10.9. The summed E-state index contributed by atoms with van der Waals surface area (Å²) in [6, 6.07) is 4.64. The molecule has 1 spiro atoms. The molecule has 3 nitrogen and oxygen atoms in total. The molecule has 0 bridgehead atoms. The molecule has 0 amide bonds. The Morgan fingerprint density at radius 3 is 2.79 bits per heavy atom. The lowest BCUT2D eigenvalue weighted by molar-refractivity contribution is -0.122. The van der Waals surface area contributed by atoms with E-state index < -0.39 is 0 Å². The van der Waals surface area contributed by atoms with Crippen LogP contribution < -0.4 is 10.1 Å². The van der Waals surface area contributed by atoms with Crippen LogP contribution in [0.3, 0.4) is 0 Å². The van der Waals surface area contributed by atoms with Crippen molar-refractivity contribution in [3.8, 4) is 5.75 Å². The maximum absolute atomic E-state index is 13.2. The summed E-state index contributed by atoms with van der Waals surface area (Å²) >= 11 is 0. The van der Waals surface area contributed by atoms with Crippen LogP contribution in [0.25, 0.3) is 0 Å². The second-order valence-electron chi connectivity index (χ2n) is 5.12. The molecular formula is C14H19ClFNO2. The van der Waals surface area contributed by atoms with Crippen molar-refractivity contribution < 1.29 is 13.9 Å². The summed E-state index contributed by atoms with van der Waals surface area (Å²) in [5.74, 6) is 0.508. The minimum absolute atomic E-state index is 0. The quantitative estimate of drug-likeness (QED) is 0.796. The fourth-order valence-corrected chi connectivity index (χ4v) is 2.81. The Hall–Kier alpha value is -0.840. The van der Waals surface area contributed by atoms with Gasteiger partial charge in [0.15, 0.2) is 0 Å². The third-order valence-corrected chi connectivity index (χ3v) is 4.03. The number of piperidine rings is 1. The summed E-state index contributed by atoms with van der Waals surface area (Å²) in [6.45, 7) is 4.36. The van der Waals surface area contributed by atoms with Crippen LogP contribution in [-0.4, -0.2) is 24.8 Å². The first-order valence-corrected chi connectivity index (χ1v) is 6.49. The highest BCUT2D eigenvalue weighted by molar-refractivity contribution is 5.85. The van der Waals surface area contributed by atoms with Gasteiger partial charge in [0.1, 0.15) is 23.3 Å². The van der Waals surface area contributed by atoms with E-state index in [1.54, 1.807) is 6.07 Å². The van der Waals surface area contributed by atoms with Crippen molar-refractivity contribution in [2.45, 2.75) is 38.1 Å². The Kier molecular flexibility index (Phi) is 4.33. The molecule has 1 atom stereocenters. The molecule has 0 aromatic heterocycles. The Morgan fingerprint density at radius 1 is 1.32 bits per heavy atom. The lowest BCUT2D eigenvalue weighted by atomic mass is 9.87. The van der Waals surface area contributed by atoms with Crippen molar-refractivity contribution in [3.05, 3.63) is 29.6 Å². The normalized spacial score (nSPS) is 24.8. The fourth-order valence-electron chi connectivity index (χ4n) is 2.81. The lowest BCUT2D eigenvalue weighted by Crippen LogP contribution is -2.52. The van der Waals surface area contributed by atoms with Crippen molar-refractivity contribution in [2.75, 3.05) is 13.1 Å². The number of hydrogen-bond donors (Lipinski definition) is 1. The molecule has 1 fully saturated rings. The van der Waals surface area contributed by atoms with Crippen LogP contribution in [0.4, 0.5) is 4.39 Å². The summed E-state index contributed by atoms with van der Waals surface area (Å²) < 4.78 is 25.3. The highest BCUT2D eigenvalue weighted by atomic mass is 35.5. The third-order valence-electron chi connectivity index (χ3n) is 4.03. The summed E-state index contributed by atoms with van der Waals surface area (Å²) in [7, 11) is 0. The van der Waals surface area contributed by atoms with Gasteiger partial charge in [-0.15, -0.1) is 12.4 Å². The van der Waals surface area contributed by atoms with Crippen LogP contribution in [0.1, 0.15) is 25.3 Å². The molecule has 0 radical (unpaired) electrons. The van der Waals surface area contributed by atoms with E-state index in [2.05, 4.69) is 5.32 Å². The maximum atomic E-state index is 13.2. The molecule has 1 unspecified atom stereocenters. The Bertz CT molecular complexity index is 449.